The molecule has 214 valence electrons. The SMILES string of the molecule is Cn1cccc(-c2ccc(Nc3nccc(-c4ccc5nc(C6CC6)[nH]c(=O)c5c4)n3)cc2)c1=O.O=C(O)C(F)(F)F. The monoisotopic (exact) mass is 576 g/mol. The number of H-pyrrole nitrogens is 1. The number of carboxylic acid groups (broad SMARTS) is 1. The van der Waals surface area contributed by atoms with Crippen LogP contribution in [0.5, 0.6) is 0 Å². The molecular formula is C29H23F3N6O4. The van der Waals surface area contributed by atoms with Crippen LogP contribution in [-0.2, 0) is 11.8 Å². The van der Waals surface area contributed by atoms with Gasteiger partial charge in [0.2, 0.25) is 5.95 Å². The molecule has 6 rings (SSSR count). The Balaban J connectivity index is 0.000000451. The van der Waals surface area contributed by atoms with Crippen LogP contribution in [0.3, 0.4) is 0 Å². The molecule has 1 aliphatic rings. The van der Waals surface area contributed by atoms with Gasteiger partial charge in [0, 0.05) is 42.2 Å². The lowest BCUT2D eigenvalue weighted by atomic mass is 10.1. The summed E-state index contributed by atoms with van der Waals surface area (Å²) in [5.41, 5.74) is 4.31. The zero-order chi connectivity index (χ0) is 30.0. The Morgan fingerprint density at radius 1 is 1.02 bits per heavy atom. The molecule has 3 N–H and O–H groups in total. The van der Waals surface area contributed by atoms with Gasteiger partial charge in [-0.2, -0.15) is 13.2 Å². The molecule has 0 bridgehead atoms. The first-order valence-corrected chi connectivity index (χ1v) is 12.7. The predicted molar refractivity (Wildman–Crippen MR) is 149 cm³/mol. The number of carbonyl (C=O) groups is 1. The topological polar surface area (TPSA) is 143 Å². The molecule has 42 heavy (non-hydrogen) atoms. The van der Waals surface area contributed by atoms with Crippen molar-refractivity contribution in [3.05, 3.63) is 99.6 Å². The minimum Gasteiger partial charge on any atom is -0.475 e. The van der Waals surface area contributed by atoms with Crippen LogP contribution in [0.25, 0.3) is 33.3 Å². The molecular weight excluding hydrogens is 553 g/mol. The highest BCUT2D eigenvalue weighted by Gasteiger charge is 2.38. The summed E-state index contributed by atoms with van der Waals surface area (Å²) in [6.45, 7) is 0. The third kappa shape index (κ3) is 6.35. The smallest absolute Gasteiger partial charge is 0.475 e. The van der Waals surface area contributed by atoms with Crippen LogP contribution in [0.4, 0.5) is 24.8 Å². The van der Waals surface area contributed by atoms with Gasteiger partial charge < -0.3 is 20.0 Å². The van der Waals surface area contributed by atoms with Crippen LogP contribution >= 0.6 is 0 Å². The fourth-order valence-corrected chi connectivity index (χ4v) is 4.13. The minimum absolute atomic E-state index is 0.0440. The summed E-state index contributed by atoms with van der Waals surface area (Å²) in [7, 11) is 1.74. The van der Waals surface area contributed by atoms with Gasteiger partial charge in [0.1, 0.15) is 5.82 Å². The van der Waals surface area contributed by atoms with E-state index in [9.17, 15) is 22.8 Å². The van der Waals surface area contributed by atoms with Crippen molar-refractivity contribution in [3.63, 3.8) is 0 Å². The second kappa shape index (κ2) is 11.3. The number of rotatable bonds is 5. The van der Waals surface area contributed by atoms with Crippen LogP contribution in [0.1, 0.15) is 24.6 Å². The summed E-state index contributed by atoms with van der Waals surface area (Å²) in [5.74, 6) is -1.16. The summed E-state index contributed by atoms with van der Waals surface area (Å²) >= 11 is 0. The summed E-state index contributed by atoms with van der Waals surface area (Å²) in [6, 6.07) is 18.6. The maximum Gasteiger partial charge on any atom is 0.490 e. The Morgan fingerprint density at radius 3 is 2.38 bits per heavy atom. The number of pyridine rings is 1. The van der Waals surface area contributed by atoms with E-state index in [1.807, 2.05) is 54.6 Å². The molecule has 0 aliphatic heterocycles. The van der Waals surface area contributed by atoms with Gasteiger partial charge in [-0.1, -0.05) is 18.2 Å². The number of fused-ring (bicyclic) bond motifs is 1. The lowest BCUT2D eigenvalue weighted by molar-refractivity contribution is -0.192. The third-order valence-electron chi connectivity index (χ3n) is 6.46. The van der Waals surface area contributed by atoms with Gasteiger partial charge >= 0.3 is 12.1 Å². The standard InChI is InChI=1S/C27H22N6O2.C2HF3O2/c1-33-14-2-3-20(26(33)35)16-6-9-19(10-7-16)29-27-28-13-12-22(31-27)18-8-11-23-21(15-18)25(34)32-24(30-23)17-4-5-17;3-2(4,5)1(6)7/h2-3,6-15,17H,4-5H2,1H3,(H,28,29,31)(H,30,32,34);(H,6,7). The fourth-order valence-electron chi connectivity index (χ4n) is 4.13. The van der Waals surface area contributed by atoms with Gasteiger partial charge in [-0.15, -0.1) is 0 Å². The normalized spacial score (nSPS) is 12.9. The number of aromatic nitrogens is 5. The van der Waals surface area contributed by atoms with E-state index in [2.05, 4.69) is 25.3 Å². The molecule has 1 aliphatic carbocycles. The molecule has 0 amide bonds. The molecule has 3 heterocycles. The largest absolute Gasteiger partial charge is 0.490 e. The molecule has 2 aromatic carbocycles. The fraction of sp³-hybridized carbons (Fsp3) is 0.172. The number of carboxylic acids is 1. The van der Waals surface area contributed by atoms with Crippen LogP contribution in [0, 0.1) is 0 Å². The predicted octanol–water partition coefficient (Wildman–Crippen LogP) is 5.00. The summed E-state index contributed by atoms with van der Waals surface area (Å²) in [6.07, 6.45) is 0.489. The summed E-state index contributed by atoms with van der Waals surface area (Å²) < 4.78 is 33.3. The van der Waals surface area contributed by atoms with E-state index in [1.54, 1.807) is 30.1 Å². The van der Waals surface area contributed by atoms with Crippen LogP contribution in [0.2, 0.25) is 0 Å². The molecule has 1 saturated carbocycles. The van der Waals surface area contributed by atoms with Crippen LogP contribution < -0.4 is 16.4 Å². The number of hydrogen-bond donors (Lipinski definition) is 3. The summed E-state index contributed by atoms with van der Waals surface area (Å²) in [4.78, 5) is 50.4. The van der Waals surface area contributed by atoms with Gasteiger partial charge in [-0.3, -0.25) is 9.59 Å². The van der Waals surface area contributed by atoms with Crippen LogP contribution in [0.15, 0.2) is 82.6 Å². The first-order chi connectivity index (χ1) is 20.0. The number of anilines is 2. The molecule has 13 heteroatoms. The van der Waals surface area contributed by atoms with E-state index in [1.165, 1.54) is 0 Å². The van der Waals surface area contributed by atoms with E-state index >= 15 is 0 Å². The van der Waals surface area contributed by atoms with Crippen molar-refractivity contribution in [2.75, 3.05) is 5.32 Å². The molecule has 5 aromatic rings. The Kier molecular flexibility index (Phi) is 7.57. The number of aromatic amines is 1. The number of halogens is 3. The van der Waals surface area contributed by atoms with Crippen molar-refractivity contribution in [3.8, 4) is 22.4 Å². The van der Waals surface area contributed by atoms with Gasteiger partial charge in [-0.25, -0.2) is 19.7 Å². The number of alkyl halides is 3. The molecule has 0 atom stereocenters. The molecule has 0 spiro atoms. The van der Waals surface area contributed by atoms with Crippen molar-refractivity contribution < 1.29 is 23.1 Å². The third-order valence-corrected chi connectivity index (χ3v) is 6.46. The van der Waals surface area contributed by atoms with E-state index in [-0.39, 0.29) is 11.1 Å². The van der Waals surface area contributed by atoms with Crippen molar-refractivity contribution >= 4 is 28.5 Å². The highest BCUT2D eigenvalue weighted by Crippen LogP contribution is 2.38. The Labute approximate surface area is 235 Å². The molecule has 1 fully saturated rings. The minimum atomic E-state index is -5.08. The average molecular weight is 577 g/mol. The van der Waals surface area contributed by atoms with Crippen molar-refractivity contribution in [2.24, 2.45) is 7.05 Å². The summed E-state index contributed by atoms with van der Waals surface area (Å²) in [5, 5.41) is 10.9. The lowest BCUT2D eigenvalue weighted by Gasteiger charge is -2.09. The lowest BCUT2D eigenvalue weighted by Crippen LogP contribution is -2.21. The first-order valence-electron chi connectivity index (χ1n) is 12.7. The number of aliphatic carboxylic acids is 1. The van der Waals surface area contributed by atoms with E-state index in [0.29, 0.717) is 34.0 Å². The average Bonchev–Trinajstić information content (AvgIpc) is 3.81. The highest BCUT2D eigenvalue weighted by molar-refractivity contribution is 5.83. The number of benzene rings is 2. The van der Waals surface area contributed by atoms with Gasteiger partial charge in [-0.05, 0) is 60.9 Å². The van der Waals surface area contributed by atoms with Crippen molar-refractivity contribution in [1.82, 2.24) is 24.5 Å². The molecule has 10 nitrogen and oxygen atoms in total. The molecule has 0 saturated heterocycles. The molecule has 0 unspecified atom stereocenters. The number of aryl methyl sites for hydroxylation is 1. The van der Waals surface area contributed by atoms with E-state index in [4.69, 9.17) is 9.90 Å². The van der Waals surface area contributed by atoms with Gasteiger partial charge in [0.05, 0.1) is 16.6 Å². The first kappa shape index (κ1) is 28.2. The maximum absolute atomic E-state index is 12.6. The Hall–Kier alpha value is -5.33. The van der Waals surface area contributed by atoms with Gasteiger partial charge in [0.25, 0.3) is 11.1 Å². The molecule has 0 radical (unpaired) electrons. The number of nitrogens with one attached hydrogen (secondary N) is 2. The quantitative estimate of drug-likeness (QED) is 0.265. The number of hydrogen-bond acceptors (Lipinski definition) is 7. The van der Waals surface area contributed by atoms with Gasteiger partial charge in [0.15, 0.2) is 0 Å². The van der Waals surface area contributed by atoms with Crippen molar-refractivity contribution in [1.29, 1.82) is 0 Å². The second-order valence-corrected chi connectivity index (χ2v) is 9.57. The maximum atomic E-state index is 12.6. The van der Waals surface area contributed by atoms with Crippen molar-refractivity contribution in [2.45, 2.75) is 24.9 Å². The Bertz CT molecular complexity index is 1900. The van der Waals surface area contributed by atoms with E-state index in [0.717, 1.165) is 35.5 Å². The zero-order valence-corrected chi connectivity index (χ0v) is 22.0. The second-order valence-electron chi connectivity index (χ2n) is 9.57. The number of nitrogens with zero attached hydrogens (tertiary/aromatic N) is 4. The van der Waals surface area contributed by atoms with E-state index < -0.39 is 12.1 Å². The zero-order valence-electron chi connectivity index (χ0n) is 22.0. The Morgan fingerprint density at radius 2 is 1.71 bits per heavy atom. The molecule has 3 aromatic heterocycles. The highest BCUT2D eigenvalue weighted by atomic mass is 19.4. The van der Waals surface area contributed by atoms with Crippen LogP contribution in [-0.4, -0.2) is 41.8 Å².